The lowest BCUT2D eigenvalue weighted by Gasteiger charge is -2.09. The van der Waals surface area contributed by atoms with Gasteiger partial charge in [-0.15, -0.1) is 11.3 Å². The number of amides is 2. The van der Waals surface area contributed by atoms with Crippen molar-refractivity contribution in [2.45, 2.75) is 23.7 Å². The Morgan fingerprint density at radius 1 is 1.35 bits per heavy atom. The highest BCUT2D eigenvalue weighted by Gasteiger charge is 2.31. The summed E-state index contributed by atoms with van der Waals surface area (Å²) in [6, 6.07) is 1.40. The van der Waals surface area contributed by atoms with Crippen LogP contribution in [0.2, 0.25) is 0 Å². The number of anilines is 1. The number of sulfonamides is 1. The number of nitrogens with one attached hydrogen (secondary N) is 2. The Morgan fingerprint density at radius 3 is 2.65 bits per heavy atom. The molecule has 2 aromatic heterocycles. The lowest BCUT2D eigenvalue weighted by molar-refractivity contribution is -0.137. The van der Waals surface area contributed by atoms with Gasteiger partial charge in [0.1, 0.15) is 10.0 Å². The molecule has 2 rings (SSSR count). The molecule has 0 unspecified atom stereocenters. The number of halogens is 3. The first-order valence-electron chi connectivity index (χ1n) is 7.10. The Balaban J connectivity index is 2.13. The molecule has 0 aromatic carbocycles. The van der Waals surface area contributed by atoms with Crippen LogP contribution in [0.4, 0.5) is 23.8 Å². The van der Waals surface area contributed by atoms with Gasteiger partial charge in [0.05, 0.1) is 5.56 Å². The van der Waals surface area contributed by atoms with E-state index in [0.717, 1.165) is 23.6 Å². The molecule has 2 aromatic rings. The molecule has 0 saturated carbocycles. The van der Waals surface area contributed by atoms with Gasteiger partial charge < -0.3 is 5.11 Å². The van der Waals surface area contributed by atoms with Crippen LogP contribution in [0.15, 0.2) is 28.6 Å². The summed E-state index contributed by atoms with van der Waals surface area (Å²) in [6.07, 6.45) is -3.51. The Bertz CT molecular complexity index is 910. The first-order chi connectivity index (χ1) is 12.0. The number of alkyl halides is 3. The Morgan fingerprint density at radius 2 is 2.04 bits per heavy atom. The minimum atomic E-state index is -4.63. The summed E-state index contributed by atoms with van der Waals surface area (Å²) in [6.45, 7) is 1.50. The van der Waals surface area contributed by atoms with E-state index in [-0.39, 0.29) is 17.2 Å². The third-order valence-electron chi connectivity index (χ3n) is 3.16. The van der Waals surface area contributed by atoms with E-state index in [0.29, 0.717) is 16.5 Å². The molecule has 0 fully saturated rings. The lowest BCUT2D eigenvalue weighted by Crippen LogP contribution is -2.34. The molecule has 7 nitrogen and oxygen atoms in total. The third kappa shape index (κ3) is 4.93. The zero-order chi connectivity index (χ0) is 19.5. The fourth-order valence-electron chi connectivity index (χ4n) is 1.96. The molecule has 0 aliphatic rings. The van der Waals surface area contributed by atoms with E-state index >= 15 is 0 Å². The van der Waals surface area contributed by atoms with Gasteiger partial charge in [0.2, 0.25) is 0 Å². The molecule has 0 saturated heterocycles. The first kappa shape index (κ1) is 20.1. The number of nitrogens with zero attached hydrogens (tertiary/aromatic N) is 1. The number of carbonyl (C=O) groups excluding carboxylic acids is 1. The summed E-state index contributed by atoms with van der Waals surface area (Å²) in [4.78, 5) is 16.0. The second-order valence-electron chi connectivity index (χ2n) is 5.13. The summed E-state index contributed by atoms with van der Waals surface area (Å²) < 4.78 is 63.9. The third-order valence-corrected chi connectivity index (χ3v) is 6.26. The van der Waals surface area contributed by atoms with Gasteiger partial charge in [-0.1, -0.05) is 0 Å². The van der Waals surface area contributed by atoms with Crippen LogP contribution in [0.5, 0.6) is 0 Å². The number of aliphatic hydroxyl groups excluding tert-OH is 1. The number of urea groups is 1. The molecule has 12 heteroatoms. The smallest absolute Gasteiger partial charge is 0.396 e. The highest BCUT2D eigenvalue weighted by atomic mass is 32.2. The minimum Gasteiger partial charge on any atom is -0.396 e. The Labute approximate surface area is 150 Å². The zero-order valence-corrected chi connectivity index (χ0v) is 14.9. The molecule has 0 spiro atoms. The largest absolute Gasteiger partial charge is 0.416 e. The fraction of sp³-hybridized carbons (Fsp3) is 0.286. The molecule has 0 aliphatic heterocycles. The van der Waals surface area contributed by atoms with Gasteiger partial charge >= 0.3 is 12.2 Å². The SMILES string of the molecule is Cc1cc(S(=O)(=O)NC(=O)Nc2cc(C(F)(F)F)ccn2)sc1CCO. The summed E-state index contributed by atoms with van der Waals surface area (Å²) in [5, 5.41) is 10.9. The number of aliphatic hydroxyl groups is 1. The van der Waals surface area contributed by atoms with Crippen molar-refractivity contribution >= 4 is 33.2 Å². The van der Waals surface area contributed by atoms with Gasteiger partial charge in [0, 0.05) is 24.1 Å². The van der Waals surface area contributed by atoms with Crippen molar-refractivity contribution in [3.05, 3.63) is 40.4 Å². The number of aryl methyl sites for hydroxylation is 1. The van der Waals surface area contributed by atoms with E-state index < -0.39 is 33.6 Å². The standard InChI is InChI=1S/C14H14F3N3O4S2/c1-8-6-12(25-10(8)3-5-21)26(23,24)20-13(22)19-11-7-9(2-4-18-11)14(15,16)17/h2,4,6-7,21H,3,5H2,1H3,(H2,18,19,20,22). The number of hydrogen-bond donors (Lipinski definition) is 3. The number of aromatic nitrogens is 1. The molecule has 0 radical (unpaired) electrons. The first-order valence-corrected chi connectivity index (χ1v) is 9.40. The van der Waals surface area contributed by atoms with Crippen molar-refractivity contribution in [3.63, 3.8) is 0 Å². The zero-order valence-electron chi connectivity index (χ0n) is 13.3. The van der Waals surface area contributed by atoms with Gasteiger partial charge in [0.25, 0.3) is 10.0 Å². The average Bonchev–Trinajstić information content (AvgIpc) is 2.88. The quantitative estimate of drug-likeness (QED) is 0.703. The van der Waals surface area contributed by atoms with Crippen LogP contribution in [0.3, 0.4) is 0 Å². The number of carbonyl (C=O) groups is 1. The van der Waals surface area contributed by atoms with Crippen LogP contribution < -0.4 is 10.0 Å². The molecule has 0 aliphatic carbocycles. The van der Waals surface area contributed by atoms with E-state index in [1.165, 1.54) is 6.07 Å². The lowest BCUT2D eigenvalue weighted by atomic mass is 10.2. The highest BCUT2D eigenvalue weighted by molar-refractivity contribution is 7.92. The molecule has 2 heterocycles. The molecular formula is C14H14F3N3O4S2. The summed E-state index contributed by atoms with van der Waals surface area (Å²) in [7, 11) is -4.21. The van der Waals surface area contributed by atoms with Crippen molar-refractivity contribution in [3.8, 4) is 0 Å². The predicted octanol–water partition coefficient (Wildman–Crippen LogP) is 2.52. The summed E-state index contributed by atoms with van der Waals surface area (Å²) in [5.74, 6) is -0.448. The van der Waals surface area contributed by atoms with E-state index in [1.54, 1.807) is 11.6 Å². The van der Waals surface area contributed by atoms with Crippen molar-refractivity contribution in [2.75, 3.05) is 11.9 Å². The number of rotatable bonds is 5. The molecule has 142 valence electrons. The van der Waals surface area contributed by atoms with Gasteiger partial charge in [-0.3, -0.25) is 5.32 Å². The van der Waals surface area contributed by atoms with Crippen LogP contribution in [0.1, 0.15) is 16.0 Å². The van der Waals surface area contributed by atoms with Gasteiger partial charge in [-0.2, -0.15) is 13.2 Å². The second kappa shape index (κ2) is 7.60. The van der Waals surface area contributed by atoms with E-state index in [1.807, 2.05) is 5.32 Å². The topological polar surface area (TPSA) is 108 Å². The number of hydrogen-bond acceptors (Lipinski definition) is 6. The van der Waals surface area contributed by atoms with Gasteiger partial charge in [0.15, 0.2) is 0 Å². The van der Waals surface area contributed by atoms with Crippen LogP contribution in [-0.2, 0) is 22.6 Å². The minimum absolute atomic E-state index is 0.148. The van der Waals surface area contributed by atoms with Crippen LogP contribution in [0, 0.1) is 6.92 Å². The number of thiophene rings is 1. The maximum Gasteiger partial charge on any atom is 0.416 e. The number of pyridine rings is 1. The molecule has 3 N–H and O–H groups in total. The van der Waals surface area contributed by atoms with Crippen molar-refractivity contribution < 1.29 is 31.5 Å². The Kier molecular flexibility index (Phi) is 5.88. The maximum absolute atomic E-state index is 12.6. The van der Waals surface area contributed by atoms with Crippen LogP contribution in [-0.4, -0.2) is 31.1 Å². The average molecular weight is 409 g/mol. The van der Waals surface area contributed by atoms with Crippen molar-refractivity contribution in [1.82, 2.24) is 9.71 Å². The Hall–Kier alpha value is -2.18. The summed E-state index contributed by atoms with van der Waals surface area (Å²) >= 11 is 0.890. The van der Waals surface area contributed by atoms with E-state index in [4.69, 9.17) is 5.11 Å². The predicted molar refractivity (Wildman–Crippen MR) is 88.4 cm³/mol. The van der Waals surface area contributed by atoms with Crippen LogP contribution in [0.25, 0.3) is 0 Å². The maximum atomic E-state index is 12.6. The van der Waals surface area contributed by atoms with Crippen molar-refractivity contribution in [2.24, 2.45) is 0 Å². The van der Waals surface area contributed by atoms with Crippen molar-refractivity contribution in [1.29, 1.82) is 0 Å². The van der Waals surface area contributed by atoms with Gasteiger partial charge in [-0.05, 0) is 30.7 Å². The monoisotopic (exact) mass is 409 g/mol. The molecule has 2 amide bonds. The summed E-state index contributed by atoms with van der Waals surface area (Å²) in [5.41, 5.74) is -0.391. The molecule has 26 heavy (non-hydrogen) atoms. The highest BCUT2D eigenvalue weighted by Crippen LogP contribution is 2.30. The second-order valence-corrected chi connectivity index (χ2v) is 8.18. The van der Waals surface area contributed by atoms with Gasteiger partial charge in [-0.25, -0.2) is 22.9 Å². The molecular weight excluding hydrogens is 395 g/mol. The van der Waals surface area contributed by atoms with E-state index in [9.17, 15) is 26.4 Å². The van der Waals surface area contributed by atoms with Crippen LogP contribution >= 0.6 is 11.3 Å². The van der Waals surface area contributed by atoms with E-state index in [2.05, 4.69) is 4.98 Å². The molecule has 0 atom stereocenters. The molecule has 0 bridgehead atoms. The fourth-order valence-corrected chi connectivity index (χ4v) is 4.45. The normalized spacial score (nSPS) is 12.0.